The number of rotatable bonds is 7. The second-order valence-electron chi connectivity index (χ2n) is 7.45. The molecule has 1 atom stereocenters. The van der Waals surface area contributed by atoms with Crippen LogP contribution in [0, 0.1) is 11.8 Å². The van der Waals surface area contributed by atoms with Gasteiger partial charge in [-0.1, -0.05) is 0 Å². The molecule has 3 rings (SSSR count). The zero-order valence-electron chi connectivity index (χ0n) is 14.7. The van der Waals surface area contributed by atoms with Gasteiger partial charge >= 0.3 is 0 Å². The molecule has 0 aliphatic carbocycles. The van der Waals surface area contributed by atoms with Gasteiger partial charge in [0.05, 0.1) is 0 Å². The Bertz CT molecular complexity index is 291. The molecule has 0 radical (unpaired) electrons. The van der Waals surface area contributed by atoms with Gasteiger partial charge in [-0.05, 0) is 57.2 Å². The molecule has 0 spiro atoms. The lowest BCUT2D eigenvalue weighted by atomic mass is 9.86. The minimum atomic E-state index is 0.927. The topological polar surface area (TPSA) is 18.5 Å². The monoisotopic (exact) mass is 357 g/mol. The van der Waals surface area contributed by atoms with Crippen molar-refractivity contribution in [1.29, 1.82) is 0 Å². The van der Waals surface area contributed by atoms with E-state index in [1.54, 1.807) is 0 Å². The van der Waals surface area contributed by atoms with Crippen molar-refractivity contribution in [3.63, 3.8) is 0 Å². The van der Waals surface area contributed by atoms with Gasteiger partial charge in [-0.2, -0.15) is 23.5 Å². The van der Waals surface area contributed by atoms with E-state index in [0.717, 1.165) is 11.8 Å². The van der Waals surface area contributed by atoms with Crippen molar-refractivity contribution in [3.05, 3.63) is 0 Å². The molecule has 3 fully saturated rings. The van der Waals surface area contributed by atoms with Crippen LogP contribution >= 0.6 is 23.5 Å². The van der Waals surface area contributed by atoms with Crippen molar-refractivity contribution in [2.75, 3.05) is 75.4 Å². The van der Waals surface area contributed by atoms with Crippen LogP contribution in [0.4, 0.5) is 0 Å². The van der Waals surface area contributed by atoms with Gasteiger partial charge in [0.2, 0.25) is 0 Å². The fourth-order valence-electron chi connectivity index (χ4n) is 4.21. The molecule has 3 aliphatic rings. The highest BCUT2D eigenvalue weighted by Crippen LogP contribution is 2.25. The minimum absolute atomic E-state index is 0.927. The van der Waals surface area contributed by atoms with Crippen LogP contribution in [0.1, 0.15) is 25.7 Å². The van der Waals surface area contributed by atoms with Gasteiger partial charge in [0.15, 0.2) is 0 Å². The van der Waals surface area contributed by atoms with Crippen molar-refractivity contribution in [3.8, 4) is 0 Å². The predicted octanol–water partition coefficient (Wildman–Crippen LogP) is 2.48. The van der Waals surface area contributed by atoms with Gasteiger partial charge in [-0.3, -0.25) is 0 Å². The van der Waals surface area contributed by atoms with Crippen molar-refractivity contribution >= 4 is 23.5 Å². The summed E-state index contributed by atoms with van der Waals surface area (Å²) >= 11 is 4.27. The first-order valence-electron chi connectivity index (χ1n) is 9.71. The molecule has 0 saturated carbocycles. The van der Waals surface area contributed by atoms with Crippen LogP contribution in [-0.2, 0) is 0 Å². The summed E-state index contributed by atoms with van der Waals surface area (Å²) in [4.78, 5) is 5.48. The summed E-state index contributed by atoms with van der Waals surface area (Å²) in [7, 11) is 0. The van der Waals surface area contributed by atoms with Crippen molar-refractivity contribution in [2.45, 2.75) is 25.7 Å². The van der Waals surface area contributed by atoms with Crippen molar-refractivity contribution in [1.82, 2.24) is 15.1 Å². The first-order chi connectivity index (χ1) is 11.4. The van der Waals surface area contributed by atoms with Crippen molar-refractivity contribution in [2.24, 2.45) is 11.8 Å². The van der Waals surface area contributed by atoms with Crippen molar-refractivity contribution < 1.29 is 0 Å². The summed E-state index contributed by atoms with van der Waals surface area (Å²) in [6.07, 6.45) is 5.73. The van der Waals surface area contributed by atoms with E-state index in [1.165, 1.54) is 101 Å². The van der Waals surface area contributed by atoms with Crippen LogP contribution in [0.5, 0.6) is 0 Å². The van der Waals surface area contributed by atoms with E-state index >= 15 is 0 Å². The first-order valence-corrected chi connectivity index (χ1v) is 12.0. The minimum Gasteiger partial charge on any atom is -0.317 e. The molecule has 3 nitrogen and oxygen atoms in total. The van der Waals surface area contributed by atoms with Gasteiger partial charge in [-0.25, -0.2) is 0 Å². The van der Waals surface area contributed by atoms with E-state index in [1.807, 2.05) is 0 Å². The lowest BCUT2D eigenvalue weighted by molar-refractivity contribution is 0.184. The fourth-order valence-corrected chi connectivity index (χ4v) is 6.17. The van der Waals surface area contributed by atoms with E-state index in [2.05, 4.69) is 38.6 Å². The molecule has 0 bridgehead atoms. The van der Waals surface area contributed by atoms with Crippen LogP contribution < -0.4 is 5.32 Å². The molecular weight excluding hydrogens is 322 g/mol. The Labute approximate surface area is 151 Å². The number of piperidine rings is 1. The molecule has 23 heavy (non-hydrogen) atoms. The Kier molecular flexibility index (Phi) is 8.42. The maximum atomic E-state index is 3.53. The van der Waals surface area contributed by atoms with E-state index in [0.29, 0.717) is 0 Å². The van der Waals surface area contributed by atoms with Gasteiger partial charge < -0.3 is 15.1 Å². The molecule has 3 heterocycles. The highest BCUT2D eigenvalue weighted by molar-refractivity contribution is 7.99. The molecule has 134 valence electrons. The molecule has 0 amide bonds. The number of hydrogen-bond donors (Lipinski definition) is 1. The standard InChI is InChI=1S/C18H35N3S2/c1-4-19-5-2-17(1)15-18(16-21-9-13-23-14-10-21)3-6-20-7-11-22-12-8-20/h17-19H,1-16H2. The lowest BCUT2D eigenvalue weighted by Crippen LogP contribution is -2.40. The summed E-state index contributed by atoms with van der Waals surface area (Å²) in [5, 5.41) is 3.53. The van der Waals surface area contributed by atoms with Crippen LogP contribution in [0.3, 0.4) is 0 Å². The Balaban J connectivity index is 1.46. The molecule has 1 N–H and O–H groups in total. The summed E-state index contributed by atoms with van der Waals surface area (Å²) < 4.78 is 0. The van der Waals surface area contributed by atoms with E-state index in [-0.39, 0.29) is 0 Å². The molecule has 3 aliphatic heterocycles. The zero-order valence-corrected chi connectivity index (χ0v) is 16.3. The Morgan fingerprint density at radius 1 is 0.870 bits per heavy atom. The molecule has 0 aromatic carbocycles. The highest BCUT2D eigenvalue weighted by atomic mass is 32.2. The molecular formula is C18H35N3S2. The average Bonchev–Trinajstić information content (AvgIpc) is 2.62. The Morgan fingerprint density at radius 3 is 2.13 bits per heavy atom. The molecule has 5 heteroatoms. The molecule has 0 aromatic rings. The van der Waals surface area contributed by atoms with Crippen LogP contribution in [0.2, 0.25) is 0 Å². The molecule has 0 aromatic heterocycles. The number of nitrogens with zero attached hydrogens (tertiary/aromatic N) is 2. The smallest absolute Gasteiger partial charge is 0.00728 e. The fraction of sp³-hybridized carbons (Fsp3) is 1.00. The number of nitrogens with one attached hydrogen (secondary N) is 1. The van der Waals surface area contributed by atoms with Gasteiger partial charge in [0.1, 0.15) is 0 Å². The van der Waals surface area contributed by atoms with Gasteiger partial charge in [0.25, 0.3) is 0 Å². The summed E-state index contributed by atoms with van der Waals surface area (Å²) in [5.41, 5.74) is 0. The summed E-state index contributed by atoms with van der Waals surface area (Å²) in [6, 6.07) is 0. The quantitative estimate of drug-likeness (QED) is 0.752. The Hall–Kier alpha value is 0.580. The van der Waals surface area contributed by atoms with Crippen LogP contribution in [-0.4, -0.2) is 85.2 Å². The molecule has 1 unspecified atom stereocenters. The van der Waals surface area contributed by atoms with Crippen LogP contribution in [0.15, 0.2) is 0 Å². The van der Waals surface area contributed by atoms with Gasteiger partial charge in [-0.15, -0.1) is 0 Å². The SMILES string of the molecule is C1CC(CC(CCN2CCSCC2)CN2CCSCC2)CCN1. The first kappa shape index (κ1) is 18.4. The second-order valence-corrected chi connectivity index (χ2v) is 9.90. The Morgan fingerprint density at radius 2 is 1.48 bits per heavy atom. The third kappa shape index (κ3) is 6.77. The number of hydrogen-bond acceptors (Lipinski definition) is 5. The largest absolute Gasteiger partial charge is 0.317 e. The summed E-state index contributed by atoms with van der Waals surface area (Å²) in [5.74, 6) is 7.31. The maximum absolute atomic E-state index is 3.53. The van der Waals surface area contributed by atoms with E-state index < -0.39 is 0 Å². The molecule has 3 saturated heterocycles. The third-order valence-corrected chi connectivity index (χ3v) is 7.59. The lowest BCUT2D eigenvalue weighted by Gasteiger charge is -2.34. The third-order valence-electron chi connectivity index (χ3n) is 5.70. The van der Waals surface area contributed by atoms with E-state index in [4.69, 9.17) is 0 Å². The highest BCUT2D eigenvalue weighted by Gasteiger charge is 2.23. The summed E-state index contributed by atoms with van der Waals surface area (Å²) in [6.45, 7) is 10.5. The van der Waals surface area contributed by atoms with Gasteiger partial charge in [0, 0.05) is 55.7 Å². The number of thioether (sulfide) groups is 2. The average molecular weight is 358 g/mol. The van der Waals surface area contributed by atoms with Crippen LogP contribution in [0.25, 0.3) is 0 Å². The van der Waals surface area contributed by atoms with E-state index in [9.17, 15) is 0 Å². The predicted molar refractivity (Wildman–Crippen MR) is 106 cm³/mol. The maximum Gasteiger partial charge on any atom is 0.00728 e. The second kappa shape index (κ2) is 10.5. The zero-order chi connectivity index (χ0) is 15.7. The normalized spacial score (nSPS) is 27.1.